The molecule has 1 fully saturated rings. The number of nitrogens with zero attached hydrogens (tertiary/aromatic N) is 5. The molecule has 2 aromatic rings. The molecule has 1 N–H and O–H groups in total. The molecular formula is C14H19N5O2. The van der Waals surface area contributed by atoms with Crippen molar-refractivity contribution in [2.24, 2.45) is 0 Å². The van der Waals surface area contributed by atoms with Gasteiger partial charge in [0, 0.05) is 32.4 Å². The lowest BCUT2D eigenvalue weighted by atomic mass is 10.3. The monoisotopic (exact) mass is 289 g/mol. The number of aryl methyl sites for hydroxylation is 1. The molecule has 1 aliphatic rings. The molecule has 112 valence electrons. The summed E-state index contributed by atoms with van der Waals surface area (Å²) in [5.41, 5.74) is 0.848. The van der Waals surface area contributed by atoms with Crippen LogP contribution < -0.4 is 9.80 Å². The normalized spacial score (nSPS) is 18.2. The number of β-amino-alcohol motifs (C(OH)–C–C–N with tert-alkyl or cyclic N) is 1. The summed E-state index contributed by atoms with van der Waals surface area (Å²) in [7, 11) is 1.92. The van der Waals surface area contributed by atoms with Crippen LogP contribution in [0.15, 0.2) is 22.9 Å². The molecule has 0 spiro atoms. The number of aliphatic hydroxyl groups is 1. The minimum Gasteiger partial charge on any atom is -0.391 e. The Bertz CT molecular complexity index is 615. The fourth-order valence-corrected chi connectivity index (χ4v) is 2.46. The second-order valence-corrected chi connectivity index (χ2v) is 5.39. The number of rotatable bonds is 4. The third kappa shape index (κ3) is 3.13. The second-order valence-electron chi connectivity index (χ2n) is 5.39. The van der Waals surface area contributed by atoms with E-state index in [1.165, 1.54) is 0 Å². The number of hydrogen-bond donors (Lipinski definition) is 1. The Morgan fingerprint density at radius 2 is 2.38 bits per heavy atom. The predicted molar refractivity (Wildman–Crippen MR) is 78.2 cm³/mol. The van der Waals surface area contributed by atoms with Crippen LogP contribution in [0.2, 0.25) is 0 Å². The molecule has 1 saturated heterocycles. The summed E-state index contributed by atoms with van der Waals surface area (Å²) in [4.78, 5) is 12.9. The van der Waals surface area contributed by atoms with Crippen LogP contribution in [0.25, 0.3) is 0 Å². The van der Waals surface area contributed by atoms with Gasteiger partial charge >= 0.3 is 0 Å². The number of hydrogen-bond acceptors (Lipinski definition) is 7. The van der Waals surface area contributed by atoms with Crippen molar-refractivity contribution in [1.29, 1.82) is 0 Å². The van der Waals surface area contributed by atoms with Crippen LogP contribution in [0.3, 0.4) is 0 Å². The highest BCUT2D eigenvalue weighted by Gasteiger charge is 2.22. The maximum Gasteiger partial charge on any atom is 0.227 e. The highest BCUT2D eigenvalue weighted by atomic mass is 16.5. The summed E-state index contributed by atoms with van der Waals surface area (Å²) in [6.45, 7) is 3.90. The first-order valence-corrected chi connectivity index (χ1v) is 7.01. The minimum absolute atomic E-state index is 0.265. The highest BCUT2D eigenvalue weighted by Crippen LogP contribution is 2.20. The molecule has 1 atom stereocenters. The molecule has 0 amide bonds. The van der Waals surface area contributed by atoms with Crippen LogP contribution in [0.4, 0.5) is 11.8 Å². The Hall–Kier alpha value is -2.15. The van der Waals surface area contributed by atoms with Crippen molar-refractivity contribution < 1.29 is 9.63 Å². The summed E-state index contributed by atoms with van der Waals surface area (Å²) >= 11 is 0. The summed E-state index contributed by atoms with van der Waals surface area (Å²) in [6, 6.07) is 3.77. The molecule has 3 rings (SSSR count). The zero-order chi connectivity index (χ0) is 14.8. The van der Waals surface area contributed by atoms with Gasteiger partial charge < -0.3 is 19.4 Å². The molecular weight excluding hydrogens is 270 g/mol. The standard InChI is InChI=1S/C14H19N5O2/c1-10-7-11(17-21-10)8-18(2)14-15-5-3-13(16-14)19-6-4-12(20)9-19/h3,5,7,12,20H,4,6,8-9H2,1-2H3. The van der Waals surface area contributed by atoms with Crippen LogP contribution in [0, 0.1) is 6.92 Å². The SMILES string of the molecule is Cc1cc(CN(C)c2nccc(N3CCC(O)C3)n2)no1. The van der Waals surface area contributed by atoms with Crippen LogP contribution in [-0.4, -0.2) is 46.5 Å². The second kappa shape index (κ2) is 5.69. The van der Waals surface area contributed by atoms with E-state index >= 15 is 0 Å². The molecule has 1 aliphatic heterocycles. The first-order valence-electron chi connectivity index (χ1n) is 7.01. The van der Waals surface area contributed by atoms with Gasteiger partial charge in [0.25, 0.3) is 0 Å². The lowest BCUT2D eigenvalue weighted by molar-refractivity contribution is 0.198. The Labute approximate surface area is 123 Å². The fraction of sp³-hybridized carbons (Fsp3) is 0.500. The van der Waals surface area contributed by atoms with E-state index < -0.39 is 0 Å². The fourth-order valence-electron chi connectivity index (χ4n) is 2.46. The van der Waals surface area contributed by atoms with Crippen molar-refractivity contribution >= 4 is 11.8 Å². The summed E-state index contributed by atoms with van der Waals surface area (Å²) in [5.74, 6) is 2.27. The van der Waals surface area contributed by atoms with Crippen molar-refractivity contribution in [2.45, 2.75) is 26.0 Å². The van der Waals surface area contributed by atoms with Gasteiger partial charge in [0.05, 0.1) is 12.6 Å². The molecule has 2 aromatic heterocycles. The third-order valence-corrected chi connectivity index (χ3v) is 3.53. The van der Waals surface area contributed by atoms with Gasteiger partial charge in [0.15, 0.2) is 0 Å². The molecule has 7 nitrogen and oxygen atoms in total. The minimum atomic E-state index is -0.265. The van der Waals surface area contributed by atoms with E-state index in [2.05, 4.69) is 20.0 Å². The smallest absolute Gasteiger partial charge is 0.227 e. The van der Waals surface area contributed by atoms with Gasteiger partial charge in [0.2, 0.25) is 5.95 Å². The van der Waals surface area contributed by atoms with Gasteiger partial charge in [0.1, 0.15) is 17.3 Å². The molecule has 0 radical (unpaired) electrons. The van der Waals surface area contributed by atoms with Gasteiger partial charge in [-0.1, -0.05) is 5.16 Å². The maximum absolute atomic E-state index is 9.62. The highest BCUT2D eigenvalue weighted by molar-refractivity contribution is 5.44. The zero-order valence-corrected chi connectivity index (χ0v) is 12.2. The van der Waals surface area contributed by atoms with E-state index in [1.54, 1.807) is 6.20 Å². The van der Waals surface area contributed by atoms with Crippen molar-refractivity contribution in [1.82, 2.24) is 15.1 Å². The maximum atomic E-state index is 9.62. The summed E-state index contributed by atoms with van der Waals surface area (Å²) in [5, 5.41) is 13.6. The van der Waals surface area contributed by atoms with Crippen molar-refractivity contribution in [3.05, 3.63) is 29.8 Å². The van der Waals surface area contributed by atoms with Crippen molar-refractivity contribution in [3.63, 3.8) is 0 Å². The van der Waals surface area contributed by atoms with E-state index in [9.17, 15) is 5.11 Å². The lowest BCUT2D eigenvalue weighted by Crippen LogP contribution is -2.24. The molecule has 0 aromatic carbocycles. The number of aromatic nitrogens is 3. The molecule has 21 heavy (non-hydrogen) atoms. The quantitative estimate of drug-likeness (QED) is 0.898. The van der Waals surface area contributed by atoms with Crippen molar-refractivity contribution in [3.8, 4) is 0 Å². The van der Waals surface area contributed by atoms with Gasteiger partial charge in [-0.05, 0) is 19.4 Å². The molecule has 0 bridgehead atoms. The van der Waals surface area contributed by atoms with Crippen LogP contribution in [0.1, 0.15) is 17.9 Å². The van der Waals surface area contributed by atoms with Gasteiger partial charge in [-0.3, -0.25) is 0 Å². The number of aliphatic hydroxyl groups excluding tert-OH is 1. The summed E-state index contributed by atoms with van der Waals surface area (Å²) in [6.07, 6.45) is 2.26. The van der Waals surface area contributed by atoms with E-state index in [0.717, 1.165) is 30.2 Å². The van der Waals surface area contributed by atoms with Gasteiger partial charge in [-0.25, -0.2) is 4.98 Å². The van der Waals surface area contributed by atoms with Crippen molar-refractivity contribution in [2.75, 3.05) is 29.9 Å². The predicted octanol–water partition coefficient (Wildman–Crippen LogP) is 0.980. The van der Waals surface area contributed by atoms with E-state index in [-0.39, 0.29) is 6.10 Å². The topological polar surface area (TPSA) is 78.5 Å². The third-order valence-electron chi connectivity index (χ3n) is 3.53. The molecule has 0 aliphatic carbocycles. The van der Waals surface area contributed by atoms with E-state index in [4.69, 9.17) is 4.52 Å². The molecule has 0 saturated carbocycles. The Morgan fingerprint density at radius 3 is 3.05 bits per heavy atom. The van der Waals surface area contributed by atoms with Crippen LogP contribution in [0.5, 0.6) is 0 Å². The average Bonchev–Trinajstić information content (AvgIpc) is 3.08. The Kier molecular flexibility index (Phi) is 3.74. The lowest BCUT2D eigenvalue weighted by Gasteiger charge is -2.20. The van der Waals surface area contributed by atoms with Crippen LogP contribution >= 0.6 is 0 Å². The summed E-state index contributed by atoms with van der Waals surface area (Å²) < 4.78 is 5.06. The first-order chi connectivity index (χ1) is 10.1. The molecule has 1 unspecified atom stereocenters. The van der Waals surface area contributed by atoms with Crippen LogP contribution in [-0.2, 0) is 6.54 Å². The Morgan fingerprint density at radius 1 is 1.52 bits per heavy atom. The van der Waals surface area contributed by atoms with Gasteiger partial charge in [-0.15, -0.1) is 0 Å². The first kappa shape index (κ1) is 13.8. The van der Waals surface area contributed by atoms with E-state index in [0.29, 0.717) is 19.0 Å². The Balaban J connectivity index is 1.73. The zero-order valence-electron chi connectivity index (χ0n) is 12.2. The van der Waals surface area contributed by atoms with E-state index in [1.807, 2.05) is 31.0 Å². The van der Waals surface area contributed by atoms with Gasteiger partial charge in [-0.2, -0.15) is 4.98 Å². The molecule has 3 heterocycles. The average molecular weight is 289 g/mol. The molecule has 7 heteroatoms. The number of anilines is 2. The largest absolute Gasteiger partial charge is 0.391 e.